The highest BCUT2D eigenvalue weighted by Crippen LogP contribution is 2.67. The van der Waals surface area contributed by atoms with Crippen LogP contribution < -0.4 is 15.8 Å². The van der Waals surface area contributed by atoms with Gasteiger partial charge in [-0.3, -0.25) is 0 Å². The lowest BCUT2D eigenvalue weighted by atomic mass is 10.3. The minimum absolute atomic E-state index is 0. The molecule has 0 radical (unpaired) electrons. The number of benzene rings is 1. The standard InChI is InChI=1S/C13H16ClN3O.HI/c1-18-10-3-2-8(6-9(10)14)16-12(15)17-11-7-13(11)4-5-13;/h2-3,6,11H,4-5,7H2,1H3,(H3,15,16,17);1H. The number of methoxy groups -OCH3 is 1. The number of ether oxygens (including phenoxy) is 1. The van der Waals surface area contributed by atoms with Crippen LogP contribution >= 0.6 is 35.6 Å². The van der Waals surface area contributed by atoms with Gasteiger partial charge in [0.2, 0.25) is 0 Å². The van der Waals surface area contributed by atoms with Gasteiger partial charge in [0.25, 0.3) is 0 Å². The zero-order chi connectivity index (χ0) is 12.8. The Balaban J connectivity index is 0.00000133. The summed E-state index contributed by atoms with van der Waals surface area (Å²) in [7, 11) is 1.59. The molecule has 2 aliphatic rings. The van der Waals surface area contributed by atoms with Crippen LogP contribution in [-0.2, 0) is 0 Å². The Morgan fingerprint density at radius 3 is 2.79 bits per heavy atom. The predicted molar refractivity (Wildman–Crippen MR) is 88.7 cm³/mol. The van der Waals surface area contributed by atoms with Crippen LogP contribution in [0.25, 0.3) is 0 Å². The number of hydrogen-bond acceptors (Lipinski definition) is 2. The second-order valence-electron chi connectivity index (χ2n) is 5.07. The number of halogens is 2. The van der Waals surface area contributed by atoms with Gasteiger partial charge < -0.3 is 15.8 Å². The van der Waals surface area contributed by atoms with Gasteiger partial charge >= 0.3 is 0 Å². The van der Waals surface area contributed by atoms with E-state index in [0.717, 1.165) is 5.69 Å². The third-order valence-corrected chi connectivity index (χ3v) is 4.05. The van der Waals surface area contributed by atoms with Crippen LogP contribution in [0.2, 0.25) is 5.02 Å². The summed E-state index contributed by atoms with van der Waals surface area (Å²) >= 11 is 6.04. The molecule has 1 spiro atoms. The molecule has 19 heavy (non-hydrogen) atoms. The van der Waals surface area contributed by atoms with Crippen molar-refractivity contribution < 1.29 is 4.74 Å². The Morgan fingerprint density at radius 1 is 1.53 bits per heavy atom. The van der Waals surface area contributed by atoms with E-state index in [9.17, 15) is 0 Å². The minimum Gasteiger partial charge on any atom is -0.495 e. The first-order chi connectivity index (χ1) is 8.63. The monoisotopic (exact) mass is 393 g/mol. The largest absolute Gasteiger partial charge is 0.495 e. The number of nitrogens with zero attached hydrogens (tertiary/aromatic N) is 1. The number of anilines is 1. The fourth-order valence-corrected chi connectivity index (χ4v) is 2.56. The van der Waals surface area contributed by atoms with Crippen molar-refractivity contribution in [3.63, 3.8) is 0 Å². The maximum Gasteiger partial charge on any atom is 0.193 e. The van der Waals surface area contributed by atoms with Gasteiger partial charge in [0.15, 0.2) is 5.96 Å². The van der Waals surface area contributed by atoms with Crippen molar-refractivity contribution in [2.45, 2.75) is 25.3 Å². The molecular weight excluding hydrogens is 377 g/mol. The molecule has 1 aromatic rings. The predicted octanol–water partition coefficient (Wildman–Crippen LogP) is 3.25. The van der Waals surface area contributed by atoms with Gasteiger partial charge in [-0.25, -0.2) is 4.99 Å². The molecule has 0 aromatic heterocycles. The quantitative estimate of drug-likeness (QED) is 0.471. The first kappa shape index (κ1) is 14.7. The molecule has 1 atom stereocenters. The van der Waals surface area contributed by atoms with Crippen molar-refractivity contribution in [1.82, 2.24) is 0 Å². The molecule has 1 unspecified atom stereocenters. The second-order valence-corrected chi connectivity index (χ2v) is 5.48. The van der Waals surface area contributed by atoms with Crippen molar-refractivity contribution >= 4 is 47.2 Å². The van der Waals surface area contributed by atoms with Crippen LogP contribution in [0.4, 0.5) is 5.69 Å². The molecular formula is C13H17ClIN3O. The van der Waals surface area contributed by atoms with E-state index in [1.54, 1.807) is 19.2 Å². The van der Waals surface area contributed by atoms with Crippen molar-refractivity contribution in [3.8, 4) is 5.75 Å². The lowest BCUT2D eigenvalue weighted by Gasteiger charge is -2.08. The Morgan fingerprint density at radius 2 is 2.26 bits per heavy atom. The maximum atomic E-state index is 6.04. The van der Waals surface area contributed by atoms with E-state index < -0.39 is 0 Å². The lowest BCUT2D eigenvalue weighted by Crippen LogP contribution is -2.23. The molecule has 2 aliphatic carbocycles. The van der Waals surface area contributed by atoms with E-state index in [2.05, 4.69) is 10.3 Å². The normalized spacial score (nSPS) is 22.6. The molecule has 3 N–H and O–H groups in total. The van der Waals surface area contributed by atoms with Gasteiger partial charge in [0.05, 0.1) is 18.2 Å². The molecule has 0 amide bonds. The zero-order valence-corrected chi connectivity index (χ0v) is 13.7. The summed E-state index contributed by atoms with van der Waals surface area (Å²) in [6.45, 7) is 0. The van der Waals surface area contributed by atoms with E-state index >= 15 is 0 Å². The number of nitrogens with one attached hydrogen (secondary N) is 1. The highest BCUT2D eigenvalue weighted by atomic mass is 127. The summed E-state index contributed by atoms with van der Waals surface area (Å²) in [6, 6.07) is 5.88. The molecule has 104 valence electrons. The molecule has 4 nitrogen and oxygen atoms in total. The third-order valence-electron chi connectivity index (χ3n) is 3.76. The average molecular weight is 394 g/mol. The van der Waals surface area contributed by atoms with E-state index in [1.165, 1.54) is 19.3 Å². The number of guanidine groups is 1. The Hall–Kier alpha value is -0.690. The smallest absolute Gasteiger partial charge is 0.193 e. The molecule has 2 saturated carbocycles. The topological polar surface area (TPSA) is 59.6 Å². The Labute approximate surface area is 134 Å². The second kappa shape index (κ2) is 5.36. The molecule has 2 fully saturated rings. The van der Waals surface area contributed by atoms with E-state index in [0.29, 0.717) is 28.2 Å². The summed E-state index contributed by atoms with van der Waals surface area (Å²) in [5.41, 5.74) is 7.24. The van der Waals surface area contributed by atoms with Gasteiger partial charge in [-0.05, 0) is 42.9 Å². The van der Waals surface area contributed by atoms with Crippen LogP contribution in [0, 0.1) is 5.41 Å². The molecule has 0 saturated heterocycles. The maximum absolute atomic E-state index is 6.04. The van der Waals surface area contributed by atoms with E-state index in [-0.39, 0.29) is 24.0 Å². The minimum atomic E-state index is 0. The summed E-state index contributed by atoms with van der Waals surface area (Å²) < 4.78 is 5.09. The molecule has 0 bridgehead atoms. The summed E-state index contributed by atoms with van der Waals surface area (Å²) in [4.78, 5) is 4.48. The van der Waals surface area contributed by atoms with Crippen molar-refractivity contribution in [1.29, 1.82) is 0 Å². The molecule has 0 heterocycles. The highest BCUT2D eigenvalue weighted by molar-refractivity contribution is 14.0. The number of aliphatic imine (C=N–C) groups is 1. The average Bonchev–Trinajstić information content (AvgIpc) is 3.21. The van der Waals surface area contributed by atoms with Gasteiger partial charge in [0, 0.05) is 5.69 Å². The van der Waals surface area contributed by atoms with Crippen molar-refractivity contribution in [2.75, 3.05) is 12.4 Å². The van der Waals surface area contributed by atoms with Crippen LogP contribution in [0.1, 0.15) is 19.3 Å². The number of nitrogens with two attached hydrogens (primary N) is 1. The van der Waals surface area contributed by atoms with Crippen molar-refractivity contribution in [2.24, 2.45) is 16.1 Å². The van der Waals surface area contributed by atoms with Crippen molar-refractivity contribution in [3.05, 3.63) is 23.2 Å². The highest BCUT2D eigenvalue weighted by Gasteiger charge is 2.63. The summed E-state index contributed by atoms with van der Waals surface area (Å²) in [5.74, 6) is 1.11. The number of hydrogen-bond donors (Lipinski definition) is 2. The SMILES string of the molecule is COc1ccc(NC(N)=NC2CC23CC3)cc1Cl.I. The van der Waals surface area contributed by atoms with E-state index in [4.69, 9.17) is 22.1 Å². The summed E-state index contributed by atoms with van der Waals surface area (Å²) in [6.07, 6.45) is 3.81. The Kier molecular flexibility index (Phi) is 4.15. The van der Waals surface area contributed by atoms with Gasteiger partial charge in [-0.15, -0.1) is 24.0 Å². The van der Waals surface area contributed by atoms with Crippen LogP contribution in [0.3, 0.4) is 0 Å². The summed E-state index contributed by atoms with van der Waals surface area (Å²) in [5, 5.41) is 3.61. The molecule has 3 rings (SSSR count). The van der Waals surface area contributed by atoms with Gasteiger partial charge in [0.1, 0.15) is 5.75 Å². The fraction of sp³-hybridized carbons (Fsp3) is 0.462. The van der Waals surface area contributed by atoms with E-state index in [1.807, 2.05) is 6.07 Å². The zero-order valence-electron chi connectivity index (χ0n) is 10.6. The molecule has 0 aliphatic heterocycles. The number of rotatable bonds is 3. The van der Waals surface area contributed by atoms with Crippen LogP contribution in [0.15, 0.2) is 23.2 Å². The Bertz CT molecular complexity index is 517. The van der Waals surface area contributed by atoms with Crippen LogP contribution in [-0.4, -0.2) is 19.1 Å². The first-order valence-electron chi connectivity index (χ1n) is 6.07. The van der Waals surface area contributed by atoms with Gasteiger partial charge in [-0.2, -0.15) is 0 Å². The van der Waals surface area contributed by atoms with Gasteiger partial charge in [-0.1, -0.05) is 11.6 Å². The third kappa shape index (κ3) is 3.08. The molecule has 1 aromatic carbocycles. The van der Waals surface area contributed by atoms with Crippen LogP contribution in [0.5, 0.6) is 5.75 Å². The first-order valence-corrected chi connectivity index (χ1v) is 6.45. The fourth-order valence-electron chi connectivity index (χ4n) is 2.30. The molecule has 6 heteroatoms. The lowest BCUT2D eigenvalue weighted by molar-refractivity contribution is 0.415.